The Labute approximate surface area is 96.2 Å². The van der Waals surface area contributed by atoms with Gasteiger partial charge in [-0.1, -0.05) is 34.0 Å². The molecule has 0 heterocycles. The Kier molecular flexibility index (Phi) is 4.35. The highest BCUT2D eigenvalue weighted by atomic mass is 79.9. The monoisotopic (exact) mass is 268 g/mol. The molecule has 78 valence electrons. The fraction of sp³-hybridized carbons (Fsp3) is 0.182. The summed E-state index contributed by atoms with van der Waals surface area (Å²) in [7, 11) is 1.24. The molecule has 0 spiro atoms. The molecule has 0 saturated heterocycles. The van der Waals surface area contributed by atoms with Gasteiger partial charge in [-0.2, -0.15) is 0 Å². The van der Waals surface area contributed by atoms with Crippen LogP contribution < -0.4 is 0 Å². The van der Waals surface area contributed by atoms with E-state index in [1.54, 1.807) is 18.2 Å². The molecule has 1 atom stereocenters. The molecule has 15 heavy (non-hydrogen) atoms. The van der Waals surface area contributed by atoms with E-state index in [9.17, 15) is 9.90 Å². The fourth-order valence-electron chi connectivity index (χ4n) is 0.938. The van der Waals surface area contributed by atoms with E-state index in [1.165, 1.54) is 7.11 Å². The van der Waals surface area contributed by atoms with Crippen LogP contribution in [0.15, 0.2) is 28.7 Å². The lowest BCUT2D eigenvalue weighted by molar-refractivity contribution is -0.133. The number of halogens is 1. The van der Waals surface area contributed by atoms with E-state index >= 15 is 0 Å². The van der Waals surface area contributed by atoms with Gasteiger partial charge in [0.2, 0.25) is 0 Å². The Balaban J connectivity index is 2.80. The second-order valence-electron chi connectivity index (χ2n) is 2.72. The Morgan fingerprint density at radius 1 is 1.60 bits per heavy atom. The predicted octanol–water partition coefficient (Wildman–Crippen LogP) is 1.66. The van der Waals surface area contributed by atoms with Crippen molar-refractivity contribution in [2.24, 2.45) is 0 Å². The molecule has 3 nitrogen and oxygen atoms in total. The van der Waals surface area contributed by atoms with Crippen molar-refractivity contribution in [3.8, 4) is 11.8 Å². The summed E-state index contributed by atoms with van der Waals surface area (Å²) >= 11 is 3.27. The summed E-state index contributed by atoms with van der Waals surface area (Å²) in [6.07, 6.45) is -0.985. The average molecular weight is 269 g/mol. The molecule has 1 aromatic carbocycles. The molecule has 1 aromatic rings. The summed E-state index contributed by atoms with van der Waals surface area (Å²) in [5.74, 6) is 3.90. The molecule has 4 heteroatoms. The molecule has 0 bridgehead atoms. The number of aliphatic hydroxyl groups excluding tert-OH is 1. The lowest BCUT2D eigenvalue weighted by Gasteiger charge is -2.03. The molecular formula is C11H9BrO3. The van der Waals surface area contributed by atoms with Gasteiger partial charge in [0, 0.05) is 10.4 Å². The average Bonchev–Trinajstić information content (AvgIpc) is 2.25. The zero-order valence-electron chi connectivity index (χ0n) is 8.03. The number of aliphatic hydroxyl groups is 1. The van der Waals surface area contributed by atoms with E-state index in [1.807, 2.05) is 6.07 Å². The molecule has 0 fully saturated rings. The third-order valence-electron chi connectivity index (χ3n) is 1.66. The minimum Gasteiger partial charge on any atom is -0.459 e. The summed E-state index contributed by atoms with van der Waals surface area (Å²) < 4.78 is 5.17. The molecule has 0 aliphatic heterocycles. The van der Waals surface area contributed by atoms with Crippen molar-refractivity contribution in [2.75, 3.05) is 7.11 Å². The minimum atomic E-state index is -0.985. The zero-order chi connectivity index (χ0) is 11.3. The molecule has 0 aliphatic rings. The molecule has 0 radical (unpaired) electrons. The van der Waals surface area contributed by atoms with E-state index in [2.05, 4.69) is 32.5 Å². The van der Waals surface area contributed by atoms with E-state index in [4.69, 9.17) is 0 Å². The predicted molar refractivity (Wildman–Crippen MR) is 58.9 cm³/mol. The Hall–Kier alpha value is -1.31. The van der Waals surface area contributed by atoms with Gasteiger partial charge >= 0.3 is 5.97 Å². The van der Waals surface area contributed by atoms with E-state index < -0.39 is 12.1 Å². The van der Waals surface area contributed by atoms with E-state index in [0.29, 0.717) is 5.56 Å². The van der Waals surface area contributed by atoms with Crippen LogP contribution in [0, 0.1) is 11.8 Å². The molecule has 0 amide bonds. The maximum absolute atomic E-state index is 10.7. The van der Waals surface area contributed by atoms with Gasteiger partial charge in [-0.3, -0.25) is 0 Å². The molecular weight excluding hydrogens is 260 g/mol. The van der Waals surface area contributed by atoms with Gasteiger partial charge < -0.3 is 9.84 Å². The first kappa shape index (κ1) is 11.8. The number of rotatable bonds is 1. The largest absolute Gasteiger partial charge is 0.459 e. The van der Waals surface area contributed by atoms with Crippen molar-refractivity contribution in [1.29, 1.82) is 0 Å². The number of methoxy groups -OCH3 is 1. The van der Waals surface area contributed by atoms with Crippen LogP contribution >= 0.6 is 15.9 Å². The second kappa shape index (κ2) is 5.54. The van der Waals surface area contributed by atoms with E-state index in [0.717, 1.165) is 4.47 Å². The third kappa shape index (κ3) is 3.74. The minimum absolute atomic E-state index is 0.626. The van der Waals surface area contributed by atoms with Crippen LogP contribution in [0.1, 0.15) is 11.7 Å². The van der Waals surface area contributed by atoms with Crippen molar-refractivity contribution >= 4 is 21.9 Å². The lowest BCUT2D eigenvalue weighted by Crippen LogP contribution is -1.98. The Morgan fingerprint density at radius 2 is 2.33 bits per heavy atom. The number of hydrogen-bond donors (Lipinski definition) is 1. The molecule has 1 rings (SSSR count). The third-order valence-corrected chi connectivity index (χ3v) is 2.15. The van der Waals surface area contributed by atoms with Crippen LogP contribution in [0.4, 0.5) is 0 Å². The SMILES string of the molecule is COC(=O)C#CC(O)c1cccc(Br)c1. The first-order chi connectivity index (χ1) is 7.13. The highest BCUT2D eigenvalue weighted by molar-refractivity contribution is 9.10. The summed E-state index contributed by atoms with van der Waals surface area (Å²) in [4.78, 5) is 10.7. The van der Waals surface area contributed by atoms with Gasteiger partial charge in [-0.15, -0.1) is 0 Å². The Morgan fingerprint density at radius 3 is 2.93 bits per heavy atom. The summed E-state index contributed by atoms with van der Waals surface area (Å²) in [5, 5.41) is 9.59. The van der Waals surface area contributed by atoms with Gasteiger partial charge in [0.15, 0.2) is 0 Å². The quantitative estimate of drug-likeness (QED) is 0.479. The number of benzene rings is 1. The van der Waals surface area contributed by atoms with Gasteiger partial charge in [0.05, 0.1) is 7.11 Å². The normalized spacial score (nSPS) is 11.1. The van der Waals surface area contributed by atoms with Crippen molar-refractivity contribution in [2.45, 2.75) is 6.10 Å². The number of hydrogen-bond acceptors (Lipinski definition) is 3. The van der Waals surface area contributed by atoms with Crippen molar-refractivity contribution in [3.63, 3.8) is 0 Å². The summed E-state index contributed by atoms with van der Waals surface area (Å²) in [6.45, 7) is 0. The standard InChI is InChI=1S/C11H9BrO3/c1-15-11(14)6-5-10(13)8-3-2-4-9(12)7-8/h2-4,7,10,13H,1H3. The van der Waals surface area contributed by atoms with Gasteiger partial charge in [0.25, 0.3) is 0 Å². The van der Waals surface area contributed by atoms with Crippen molar-refractivity contribution in [1.82, 2.24) is 0 Å². The fourth-order valence-corrected chi connectivity index (χ4v) is 1.36. The molecule has 1 N–H and O–H groups in total. The number of ether oxygens (including phenoxy) is 1. The lowest BCUT2D eigenvalue weighted by atomic mass is 10.1. The van der Waals surface area contributed by atoms with Crippen LogP contribution in [0.2, 0.25) is 0 Å². The van der Waals surface area contributed by atoms with Crippen LogP contribution in [-0.4, -0.2) is 18.2 Å². The molecule has 0 aromatic heterocycles. The van der Waals surface area contributed by atoms with Gasteiger partial charge in [-0.25, -0.2) is 4.79 Å². The zero-order valence-corrected chi connectivity index (χ0v) is 9.61. The maximum atomic E-state index is 10.7. The van der Waals surface area contributed by atoms with Crippen molar-refractivity contribution < 1.29 is 14.6 Å². The smallest absolute Gasteiger partial charge is 0.384 e. The summed E-state index contributed by atoms with van der Waals surface area (Å²) in [6, 6.07) is 7.07. The van der Waals surface area contributed by atoms with Crippen LogP contribution in [-0.2, 0) is 9.53 Å². The first-order valence-electron chi connectivity index (χ1n) is 4.16. The summed E-state index contributed by atoms with van der Waals surface area (Å²) in [5.41, 5.74) is 0.626. The number of carbonyl (C=O) groups excluding carboxylic acids is 1. The highest BCUT2D eigenvalue weighted by Crippen LogP contribution is 2.17. The highest BCUT2D eigenvalue weighted by Gasteiger charge is 2.03. The Bertz CT molecular complexity index is 417. The van der Waals surface area contributed by atoms with Crippen LogP contribution in [0.3, 0.4) is 0 Å². The van der Waals surface area contributed by atoms with E-state index in [-0.39, 0.29) is 0 Å². The topological polar surface area (TPSA) is 46.5 Å². The molecule has 0 aliphatic carbocycles. The molecule has 1 unspecified atom stereocenters. The van der Waals surface area contributed by atoms with Gasteiger partial charge in [0.1, 0.15) is 6.10 Å². The van der Waals surface area contributed by atoms with Crippen LogP contribution in [0.25, 0.3) is 0 Å². The van der Waals surface area contributed by atoms with Gasteiger partial charge in [-0.05, 0) is 17.7 Å². The number of carbonyl (C=O) groups is 1. The maximum Gasteiger partial charge on any atom is 0.384 e. The van der Waals surface area contributed by atoms with Crippen molar-refractivity contribution in [3.05, 3.63) is 34.3 Å². The number of esters is 1. The second-order valence-corrected chi connectivity index (χ2v) is 3.63. The first-order valence-corrected chi connectivity index (χ1v) is 4.96. The molecule has 0 saturated carbocycles. The van der Waals surface area contributed by atoms with Crippen LogP contribution in [0.5, 0.6) is 0 Å².